The summed E-state index contributed by atoms with van der Waals surface area (Å²) in [6.07, 6.45) is 0. The van der Waals surface area contributed by atoms with Crippen molar-refractivity contribution in [3.63, 3.8) is 0 Å². The van der Waals surface area contributed by atoms with Gasteiger partial charge in [-0.1, -0.05) is 224 Å². The van der Waals surface area contributed by atoms with E-state index >= 15 is 0 Å². The molecule has 18 aromatic rings. The van der Waals surface area contributed by atoms with Crippen LogP contribution in [0.4, 0.5) is 0 Å². The summed E-state index contributed by atoms with van der Waals surface area (Å²) in [5, 5.41) is 22.8. The van der Waals surface area contributed by atoms with Crippen molar-refractivity contribution in [3.05, 3.63) is 273 Å². The predicted molar refractivity (Wildman–Crippen MR) is 466 cm³/mol. The van der Waals surface area contributed by atoms with Crippen molar-refractivity contribution in [2.45, 2.75) is 117 Å². The average Bonchev–Trinajstić information content (AvgIpc) is 1.48. The first-order valence-corrected chi connectivity index (χ1v) is 40.1. The molecule has 15 aromatic carbocycles. The summed E-state index contributed by atoms with van der Waals surface area (Å²) in [7, 11) is -1.20. The summed E-state index contributed by atoms with van der Waals surface area (Å²) < 4.78 is 46.8. The van der Waals surface area contributed by atoms with Crippen molar-refractivity contribution in [1.82, 2.24) is 0 Å². The molecule has 6 nitrogen and oxygen atoms in total. The molecule has 0 radical (unpaired) electrons. The highest BCUT2D eigenvalue weighted by Gasteiger charge is 2.54. The van der Waals surface area contributed by atoms with Gasteiger partial charge in [0, 0.05) is 66.1 Å². The fraction of sp³-hybridized carbons (Fsp3) is 0.188. The Balaban J connectivity index is 0.000000110. The fourth-order valence-corrected chi connectivity index (χ4v) is 20.0. The van der Waals surface area contributed by atoms with Crippen LogP contribution in [0.15, 0.2) is 273 Å². The largest absolute Gasteiger partial charge is 0.495 e. The number of hydrogen-bond donors (Lipinski definition) is 0. The molecule has 0 saturated carbocycles. The zero-order chi connectivity index (χ0) is 74.0. The van der Waals surface area contributed by atoms with Gasteiger partial charge in [-0.3, -0.25) is 0 Å². The lowest BCUT2D eigenvalue weighted by molar-refractivity contribution is 0.00578. The van der Waals surface area contributed by atoms with E-state index in [0.717, 1.165) is 16.4 Å². The molecule has 3 aromatic heterocycles. The predicted octanol–water partition coefficient (Wildman–Crippen LogP) is 25.0. The maximum absolute atomic E-state index is 6.51. The summed E-state index contributed by atoms with van der Waals surface area (Å²) in [6.45, 7) is 25.3. The van der Waals surface area contributed by atoms with Crippen LogP contribution >= 0.6 is 34.0 Å². The topological polar surface area (TPSA) is 55.4 Å². The summed E-state index contributed by atoms with van der Waals surface area (Å²) in [5.74, 6) is 0. The molecule has 12 heteroatoms. The molecular formula is C96H81B3O6S3. The quantitative estimate of drug-likeness (QED) is 0.155. The maximum Gasteiger partial charge on any atom is 0.495 e. The molecule has 528 valence electrons. The lowest BCUT2D eigenvalue weighted by Crippen LogP contribution is -2.41. The van der Waals surface area contributed by atoms with E-state index in [2.05, 4.69) is 356 Å². The van der Waals surface area contributed by atoms with Crippen molar-refractivity contribution in [2.24, 2.45) is 0 Å². The van der Waals surface area contributed by atoms with Gasteiger partial charge in [-0.2, -0.15) is 0 Å². The lowest BCUT2D eigenvalue weighted by atomic mass is 9.74. The summed E-state index contributed by atoms with van der Waals surface area (Å²) in [5.41, 5.74) is 8.46. The highest BCUT2D eigenvalue weighted by molar-refractivity contribution is 7.27. The number of hydrogen-bond acceptors (Lipinski definition) is 9. The molecule has 0 N–H and O–H groups in total. The van der Waals surface area contributed by atoms with Crippen LogP contribution in [0.25, 0.3) is 159 Å². The molecule has 3 fully saturated rings. The van der Waals surface area contributed by atoms with Crippen LogP contribution in [-0.4, -0.2) is 55.0 Å². The van der Waals surface area contributed by atoms with E-state index in [9.17, 15) is 0 Å². The van der Waals surface area contributed by atoms with Crippen LogP contribution in [0, 0.1) is 0 Å². The van der Waals surface area contributed by atoms with Crippen LogP contribution < -0.4 is 16.4 Å². The van der Waals surface area contributed by atoms with E-state index in [1.807, 2.05) is 34.0 Å². The zero-order valence-electron chi connectivity index (χ0n) is 62.9. The second-order valence-electron chi connectivity index (χ2n) is 32.4. The first-order chi connectivity index (χ1) is 52.0. The Morgan fingerprint density at radius 1 is 0.222 bits per heavy atom. The monoisotopic (exact) mass is 1460 g/mol. The molecule has 0 aliphatic carbocycles. The van der Waals surface area contributed by atoms with E-state index in [4.69, 9.17) is 27.9 Å². The standard InChI is InChI=1S/3C32H27BO2S/c1-31(2)32(3,4)35-33(34-31)28-16-9-14-22-21(13-8-15-24(22)28)23-12-7-10-20-18-27-25-11-5-6-17-29(25)36-30(27)19-26(20)23;1-31(2)32(3,4)35-33(34-31)27-17-8-13-20-12-7-14-23(29(20)27)24-15-9-16-25-26-18-21-10-5-6-11-22(21)19-28(26)36-30(24)25;1-31(2)32(3,4)35-33(34-31)26-14-9-11-20-16-17-22(18-25(20)26)29-23-12-6-5-10-21(23)19-28-30(29)24-13-7-8-15-27(24)36-28/h3*5-19H,1-4H3. The van der Waals surface area contributed by atoms with Crippen molar-refractivity contribution in [2.75, 3.05) is 0 Å². The smallest absolute Gasteiger partial charge is 0.399 e. The highest BCUT2D eigenvalue weighted by atomic mass is 32.1. The molecular weight excluding hydrogens is 1380 g/mol. The van der Waals surface area contributed by atoms with Crippen molar-refractivity contribution < 1.29 is 27.9 Å². The molecule has 3 saturated heterocycles. The van der Waals surface area contributed by atoms with Gasteiger partial charge in [0.25, 0.3) is 0 Å². The third-order valence-corrected chi connectivity index (χ3v) is 27.8. The van der Waals surface area contributed by atoms with Crippen LogP contribution in [0.5, 0.6) is 0 Å². The number of fused-ring (bicyclic) bond motifs is 15. The van der Waals surface area contributed by atoms with Gasteiger partial charge in [0.2, 0.25) is 0 Å². The molecule has 108 heavy (non-hydrogen) atoms. The van der Waals surface area contributed by atoms with E-state index < -0.39 is 14.2 Å². The maximum atomic E-state index is 6.51. The van der Waals surface area contributed by atoms with Gasteiger partial charge >= 0.3 is 21.4 Å². The van der Waals surface area contributed by atoms with E-state index in [-0.39, 0.29) is 40.7 Å². The second-order valence-corrected chi connectivity index (χ2v) is 35.7. The van der Waals surface area contributed by atoms with Crippen LogP contribution in [0.3, 0.4) is 0 Å². The normalized spacial score (nSPS) is 17.1. The van der Waals surface area contributed by atoms with E-state index in [1.54, 1.807) is 0 Å². The lowest BCUT2D eigenvalue weighted by Gasteiger charge is -2.32. The van der Waals surface area contributed by atoms with Crippen molar-refractivity contribution >= 4 is 197 Å². The minimum Gasteiger partial charge on any atom is -0.399 e. The second kappa shape index (κ2) is 25.5. The summed E-state index contributed by atoms with van der Waals surface area (Å²) in [6, 6.07) is 99.3. The molecule has 0 bridgehead atoms. The first kappa shape index (κ1) is 69.0. The Kier molecular flexibility index (Phi) is 16.3. The fourth-order valence-electron chi connectivity index (χ4n) is 16.4. The molecule has 0 unspecified atom stereocenters. The van der Waals surface area contributed by atoms with Gasteiger partial charge in [-0.05, 0) is 240 Å². The molecule has 3 aliphatic heterocycles. The number of benzene rings is 15. The number of rotatable bonds is 6. The molecule has 21 rings (SSSR count). The Labute approximate surface area is 643 Å². The SMILES string of the molecule is CC1(C)OB(c2cccc3c(-c4cccc5cc6c(cc45)sc4ccccc46)cccc23)OC1(C)C.CC1(C)OB(c2cccc3ccc(-c4c5ccccc5cc5sc6ccccc6c45)cc23)OC1(C)C.CC1(C)OB(c2cccc3cccc(-c4cccc5c4sc4cc6ccccc6cc45)c23)OC1(C)C. The molecule has 0 atom stereocenters. The van der Waals surface area contributed by atoms with Gasteiger partial charge in [-0.15, -0.1) is 34.0 Å². The summed E-state index contributed by atoms with van der Waals surface area (Å²) >= 11 is 5.62. The first-order valence-electron chi connectivity index (χ1n) is 37.6. The van der Waals surface area contributed by atoms with Crippen LogP contribution in [-0.2, 0) is 27.9 Å². The molecule has 3 aliphatic rings. The Morgan fingerprint density at radius 2 is 0.630 bits per heavy atom. The highest BCUT2D eigenvalue weighted by Crippen LogP contribution is 2.49. The third-order valence-electron chi connectivity index (χ3n) is 24.3. The molecule has 0 amide bonds. The Bertz CT molecular complexity index is 6670. The van der Waals surface area contributed by atoms with Crippen LogP contribution in [0.2, 0.25) is 0 Å². The van der Waals surface area contributed by atoms with Gasteiger partial charge in [0.1, 0.15) is 0 Å². The van der Waals surface area contributed by atoms with E-state index in [1.165, 1.54) is 159 Å². The van der Waals surface area contributed by atoms with Crippen molar-refractivity contribution in [3.8, 4) is 33.4 Å². The zero-order valence-corrected chi connectivity index (χ0v) is 65.3. The van der Waals surface area contributed by atoms with Gasteiger partial charge in [0.15, 0.2) is 0 Å². The third kappa shape index (κ3) is 11.3. The minimum atomic E-state index is -0.410. The molecule has 6 heterocycles. The van der Waals surface area contributed by atoms with E-state index in [0.29, 0.717) is 0 Å². The van der Waals surface area contributed by atoms with Gasteiger partial charge in [0.05, 0.1) is 33.6 Å². The van der Waals surface area contributed by atoms with Gasteiger partial charge in [-0.25, -0.2) is 0 Å². The van der Waals surface area contributed by atoms with Crippen molar-refractivity contribution in [1.29, 1.82) is 0 Å². The Morgan fingerprint density at radius 3 is 1.30 bits per heavy atom. The summed E-state index contributed by atoms with van der Waals surface area (Å²) in [4.78, 5) is 0. The Hall–Kier alpha value is -9.53. The average molecular weight is 1460 g/mol. The minimum absolute atomic E-state index is 0.372. The van der Waals surface area contributed by atoms with Crippen LogP contribution in [0.1, 0.15) is 83.1 Å². The van der Waals surface area contributed by atoms with Gasteiger partial charge < -0.3 is 27.9 Å². The number of thiophene rings is 3. The molecule has 0 spiro atoms.